The molecular weight excluding hydrogens is 357 g/mol. The summed E-state index contributed by atoms with van der Waals surface area (Å²) in [6.07, 6.45) is 0.743. The van der Waals surface area contributed by atoms with E-state index in [9.17, 15) is 4.39 Å². The number of nitrogens with two attached hydrogens (primary N) is 1. The molecule has 0 heterocycles. The first kappa shape index (κ1) is 16.3. The van der Waals surface area contributed by atoms with E-state index < -0.39 is 0 Å². The minimum absolute atomic E-state index is 0.0604. The van der Waals surface area contributed by atoms with Gasteiger partial charge in [0.05, 0.1) is 0 Å². The van der Waals surface area contributed by atoms with Gasteiger partial charge in [-0.05, 0) is 49.2 Å². The molecular formula is C16H16BrClFNO. The molecule has 2 N–H and O–H groups in total. The molecule has 2 nitrogen and oxygen atoms in total. The van der Waals surface area contributed by atoms with Crippen molar-refractivity contribution in [2.45, 2.75) is 26.0 Å². The second kappa shape index (κ2) is 7.25. The SMILES string of the molecule is CC(N)Cc1cc(OCc2ccc(Cl)cc2F)ccc1Br. The Bertz CT molecular complexity index is 634. The van der Waals surface area contributed by atoms with Crippen LogP contribution in [0.2, 0.25) is 5.02 Å². The summed E-state index contributed by atoms with van der Waals surface area (Å²) in [5, 5.41) is 0.374. The Morgan fingerprint density at radius 2 is 2.00 bits per heavy atom. The molecule has 0 aliphatic carbocycles. The third-order valence-corrected chi connectivity index (χ3v) is 3.98. The summed E-state index contributed by atoms with van der Waals surface area (Å²) in [5.74, 6) is 0.318. The van der Waals surface area contributed by atoms with Crippen molar-refractivity contribution in [2.75, 3.05) is 0 Å². The molecule has 5 heteroatoms. The van der Waals surface area contributed by atoms with Crippen LogP contribution in [0.4, 0.5) is 4.39 Å². The molecule has 0 aliphatic heterocycles. The van der Waals surface area contributed by atoms with E-state index in [1.807, 2.05) is 25.1 Å². The van der Waals surface area contributed by atoms with Crippen LogP contribution in [-0.2, 0) is 13.0 Å². The first-order valence-electron chi connectivity index (χ1n) is 6.56. The maximum atomic E-state index is 13.7. The number of halogens is 3. The van der Waals surface area contributed by atoms with Crippen molar-refractivity contribution in [1.82, 2.24) is 0 Å². The van der Waals surface area contributed by atoms with Crippen LogP contribution in [0.3, 0.4) is 0 Å². The molecule has 21 heavy (non-hydrogen) atoms. The van der Waals surface area contributed by atoms with Gasteiger partial charge in [0.15, 0.2) is 0 Å². The van der Waals surface area contributed by atoms with Crippen LogP contribution < -0.4 is 10.5 Å². The summed E-state index contributed by atoms with van der Waals surface area (Å²) >= 11 is 9.21. The standard InChI is InChI=1S/C16H16BrClFNO/c1-10(20)6-12-7-14(4-5-15(12)17)21-9-11-2-3-13(18)8-16(11)19/h2-5,7-8,10H,6,9,20H2,1H3. The predicted molar refractivity (Wildman–Crippen MR) is 87.2 cm³/mol. The third kappa shape index (κ3) is 4.70. The Kier molecular flexibility index (Phi) is 5.62. The lowest BCUT2D eigenvalue weighted by molar-refractivity contribution is 0.299. The molecule has 0 aromatic heterocycles. The quantitative estimate of drug-likeness (QED) is 0.825. The largest absolute Gasteiger partial charge is 0.489 e. The first-order chi connectivity index (χ1) is 9.95. The van der Waals surface area contributed by atoms with Gasteiger partial charge in [-0.2, -0.15) is 0 Å². The molecule has 1 atom stereocenters. The van der Waals surface area contributed by atoms with Crippen molar-refractivity contribution in [2.24, 2.45) is 5.73 Å². The second-order valence-corrected chi connectivity index (χ2v) is 6.25. The van der Waals surface area contributed by atoms with Crippen LogP contribution in [-0.4, -0.2) is 6.04 Å². The van der Waals surface area contributed by atoms with E-state index in [-0.39, 0.29) is 18.5 Å². The van der Waals surface area contributed by atoms with Gasteiger partial charge in [-0.1, -0.05) is 33.6 Å². The number of rotatable bonds is 5. The molecule has 0 radical (unpaired) electrons. The Morgan fingerprint density at radius 3 is 2.67 bits per heavy atom. The highest BCUT2D eigenvalue weighted by Crippen LogP contribution is 2.25. The van der Waals surface area contributed by atoms with E-state index in [0.29, 0.717) is 16.3 Å². The van der Waals surface area contributed by atoms with Crippen LogP contribution in [0.15, 0.2) is 40.9 Å². The molecule has 0 fully saturated rings. The fourth-order valence-corrected chi connectivity index (χ4v) is 2.51. The molecule has 0 saturated carbocycles. The van der Waals surface area contributed by atoms with Gasteiger partial charge in [0.2, 0.25) is 0 Å². The van der Waals surface area contributed by atoms with Crippen molar-refractivity contribution in [3.8, 4) is 5.75 Å². The summed E-state index contributed by atoms with van der Waals surface area (Å²) in [6.45, 7) is 2.10. The topological polar surface area (TPSA) is 35.2 Å². The Balaban J connectivity index is 2.09. The summed E-state index contributed by atoms with van der Waals surface area (Å²) in [7, 11) is 0. The Hall–Kier alpha value is -1.10. The molecule has 2 aromatic carbocycles. The molecule has 2 rings (SSSR count). The lowest BCUT2D eigenvalue weighted by Crippen LogP contribution is -2.18. The Labute approximate surface area is 137 Å². The van der Waals surface area contributed by atoms with Crippen LogP contribution in [0.1, 0.15) is 18.1 Å². The molecule has 0 saturated heterocycles. The highest BCUT2D eigenvalue weighted by molar-refractivity contribution is 9.10. The van der Waals surface area contributed by atoms with Gasteiger partial charge in [-0.3, -0.25) is 0 Å². The normalized spacial score (nSPS) is 12.2. The van der Waals surface area contributed by atoms with Crippen LogP contribution in [0.5, 0.6) is 5.75 Å². The zero-order valence-electron chi connectivity index (χ0n) is 11.6. The van der Waals surface area contributed by atoms with Gasteiger partial charge in [0.25, 0.3) is 0 Å². The van der Waals surface area contributed by atoms with E-state index in [2.05, 4.69) is 15.9 Å². The molecule has 0 bridgehead atoms. The number of benzene rings is 2. The monoisotopic (exact) mass is 371 g/mol. The maximum absolute atomic E-state index is 13.7. The molecule has 2 aromatic rings. The van der Waals surface area contributed by atoms with Gasteiger partial charge in [0, 0.05) is 21.1 Å². The highest BCUT2D eigenvalue weighted by atomic mass is 79.9. The van der Waals surface area contributed by atoms with Gasteiger partial charge < -0.3 is 10.5 Å². The van der Waals surface area contributed by atoms with Crippen molar-refractivity contribution in [1.29, 1.82) is 0 Å². The number of hydrogen-bond donors (Lipinski definition) is 1. The van der Waals surface area contributed by atoms with Crippen molar-refractivity contribution in [3.63, 3.8) is 0 Å². The van der Waals surface area contributed by atoms with Gasteiger partial charge in [0.1, 0.15) is 18.2 Å². The lowest BCUT2D eigenvalue weighted by Gasteiger charge is -2.12. The molecule has 112 valence electrons. The molecule has 0 amide bonds. The third-order valence-electron chi connectivity index (χ3n) is 2.97. The summed E-state index contributed by atoms with van der Waals surface area (Å²) in [6, 6.07) is 10.3. The summed E-state index contributed by atoms with van der Waals surface area (Å²) in [5.41, 5.74) is 7.36. The minimum Gasteiger partial charge on any atom is -0.489 e. The van der Waals surface area contributed by atoms with E-state index in [1.54, 1.807) is 12.1 Å². The van der Waals surface area contributed by atoms with Crippen LogP contribution in [0, 0.1) is 5.82 Å². The van der Waals surface area contributed by atoms with Crippen molar-refractivity contribution < 1.29 is 9.13 Å². The van der Waals surface area contributed by atoms with E-state index in [0.717, 1.165) is 16.5 Å². The van der Waals surface area contributed by atoms with E-state index >= 15 is 0 Å². The van der Waals surface area contributed by atoms with Crippen molar-refractivity contribution >= 4 is 27.5 Å². The van der Waals surface area contributed by atoms with Crippen LogP contribution >= 0.6 is 27.5 Å². The molecule has 1 unspecified atom stereocenters. The minimum atomic E-state index is -0.365. The number of hydrogen-bond acceptors (Lipinski definition) is 2. The second-order valence-electron chi connectivity index (χ2n) is 4.96. The van der Waals surface area contributed by atoms with Gasteiger partial charge in [-0.25, -0.2) is 4.39 Å². The van der Waals surface area contributed by atoms with Gasteiger partial charge >= 0.3 is 0 Å². The lowest BCUT2D eigenvalue weighted by atomic mass is 10.1. The fourth-order valence-electron chi connectivity index (χ4n) is 1.94. The Morgan fingerprint density at radius 1 is 1.24 bits per heavy atom. The zero-order valence-corrected chi connectivity index (χ0v) is 13.9. The maximum Gasteiger partial charge on any atom is 0.131 e. The average Bonchev–Trinajstić information content (AvgIpc) is 2.40. The zero-order chi connectivity index (χ0) is 15.4. The van der Waals surface area contributed by atoms with Crippen LogP contribution in [0.25, 0.3) is 0 Å². The summed E-state index contributed by atoms with van der Waals surface area (Å²) in [4.78, 5) is 0. The fraction of sp³-hybridized carbons (Fsp3) is 0.250. The first-order valence-corrected chi connectivity index (χ1v) is 7.73. The molecule has 0 aliphatic rings. The van der Waals surface area contributed by atoms with Gasteiger partial charge in [-0.15, -0.1) is 0 Å². The highest BCUT2D eigenvalue weighted by Gasteiger charge is 2.07. The van der Waals surface area contributed by atoms with E-state index in [1.165, 1.54) is 6.07 Å². The van der Waals surface area contributed by atoms with Crippen molar-refractivity contribution in [3.05, 3.63) is 62.8 Å². The summed E-state index contributed by atoms with van der Waals surface area (Å²) < 4.78 is 20.3. The predicted octanol–water partition coefficient (Wildman–Crippen LogP) is 4.71. The molecule has 0 spiro atoms. The van der Waals surface area contributed by atoms with E-state index in [4.69, 9.17) is 22.1 Å². The smallest absolute Gasteiger partial charge is 0.131 e. The average molecular weight is 373 g/mol. The number of ether oxygens (including phenoxy) is 1.